The number of hydrogen-bond acceptors (Lipinski definition) is 1. The molecule has 78 valence electrons. The largest absolute Gasteiger partial charge is 0.359 e. The van der Waals surface area contributed by atoms with E-state index in [0.29, 0.717) is 0 Å². The molecule has 0 aliphatic heterocycles. The molecule has 2 heterocycles. The molecule has 0 spiro atoms. The van der Waals surface area contributed by atoms with Crippen molar-refractivity contribution >= 4 is 10.9 Å². The van der Waals surface area contributed by atoms with E-state index in [4.69, 9.17) is 0 Å². The van der Waals surface area contributed by atoms with Crippen LogP contribution in [-0.4, -0.2) is 9.97 Å². The van der Waals surface area contributed by atoms with E-state index in [2.05, 4.69) is 46.5 Å². The van der Waals surface area contributed by atoms with Gasteiger partial charge in [0.1, 0.15) is 0 Å². The summed E-state index contributed by atoms with van der Waals surface area (Å²) in [6.07, 6.45) is 3.91. The van der Waals surface area contributed by atoms with E-state index in [1.165, 1.54) is 16.5 Å². The van der Waals surface area contributed by atoms with Gasteiger partial charge in [0.05, 0.1) is 11.2 Å². The van der Waals surface area contributed by atoms with Crippen LogP contribution in [0.15, 0.2) is 48.8 Å². The van der Waals surface area contributed by atoms with Gasteiger partial charge in [0, 0.05) is 23.3 Å². The molecule has 2 aromatic heterocycles. The number of nitrogens with zero attached hydrogens (tertiary/aromatic N) is 1. The van der Waals surface area contributed by atoms with Crippen LogP contribution in [0.25, 0.3) is 22.0 Å². The number of pyridine rings is 1. The maximum absolute atomic E-state index is 4.28. The summed E-state index contributed by atoms with van der Waals surface area (Å²) in [7, 11) is 0. The van der Waals surface area contributed by atoms with Crippen molar-refractivity contribution < 1.29 is 0 Å². The van der Waals surface area contributed by atoms with Crippen LogP contribution in [0.2, 0.25) is 0 Å². The van der Waals surface area contributed by atoms with Gasteiger partial charge in [0.15, 0.2) is 0 Å². The first kappa shape index (κ1) is 9.16. The smallest absolute Gasteiger partial charge is 0.0676 e. The Kier molecular flexibility index (Phi) is 2.00. The molecular formula is C14H12N2. The fourth-order valence-electron chi connectivity index (χ4n) is 2.05. The van der Waals surface area contributed by atoms with E-state index in [9.17, 15) is 0 Å². The minimum absolute atomic E-state index is 1.04. The maximum Gasteiger partial charge on any atom is 0.0676 e. The van der Waals surface area contributed by atoms with Gasteiger partial charge in [-0.1, -0.05) is 30.3 Å². The predicted octanol–water partition coefficient (Wildman–Crippen LogP) is 3.54. The summed E-state index contributed by atoms with van der Waals surface area (Å²) in [6, 6.07) is 12.5. The minimum Gasteiger partial charge on any atom is -0.359 e. The van der Waals surface area contributed by atoms with E-state index in [1.807, 2.05) is 19.2 Å². The summed E-state index contributed by atoms with van der Waals surface area (Å²) in [4.78, 5) is 7.58. The van der Waals surface area contributed by atoms with Crippen molar-refractivity contribution in [1.82, 2.24) is 9.97 Å². The lowest BCUT2D eigenvalue weighted by atomic mass is 10.1. The first-order chi connectivity index (χ1) is 7.86. The molecule has 2 nitrogen and oxygen atoms in total. The average molecular weight is 208 g/mol. The summed E-state index contributed by atoms with van der Waals surface area (Å²) in [5, 5.41) is 1.23. The zero-order valence-electron chi connectivity index (χ0n) is 9.07. The molecule has 1 aromatic carbocycles. The van der Waals surface area contributed by atoms with E-state index in [-0.39, 0.29) is 0 Å². The Balaban J connectivity index is 2.30. The van der Waals surface area contributed by atoms with Crippen LogP contribution in [0.1, 0.15) is 5.69 Å². The Morgan fingerprint density at radius 3 is 2.69 bits per heavy atom. The van der Waals surface area contributed by atoms with Gasteiger partial charge < -0.3 is 4.98 Å². The van der Waals surface area contributed by atoms with Gasteiger partial charge in [0.25, 0.3) is 0 Å². The molecule has 1 N–H and O–H groups in total. The van der Waals surface area contributed by atoms with Crippen molar-refractivity contribution in [3.8, 4) is 11.1 Å². The molecule has 3 aromatic rings. The number of aromatic nitrogens is 2. The lowest BCUT2D eigenvalue weighted by molar-refractivity contribution is 1.22. The summed E-state index contributed by atoms with van der Waals surface area (Å²) in [6.45, 7) is 2.02. The van der Waals surface area contributed by atoms with Gasteiger partial charge in [0.2, 0.25) is 0 Å². The summed E-state index contributed by atoms with van der Waals surface area (Å²) in [5.74, 6) is 0. The lowest BCUT2D eigenvalue weighted by Crippen LogP contribution is -1.81. The molecule has 2 heteroatoms. The Morgan fingerprint density at radius 1 is 1.06 bits per heavy atom. The third kappa shape index (κ3) is 1.31. The Bertz CT molecular complexity index is 624. The molecule has 0 aliphatic rings. The van der Waals surface area contributed by atoms with E-state index in [1.54, 1.807) is 0 Å². The summed E-state index contributed by atoms with van der Waals surface area (Å²) >= 11 is 0. The van der Waals surface area contributed by atoms with E-state index < -0.39 is 0 Å². The normalized spacial score (nSPS) is 10.8. The van der Waals surface area contributed by atoms with Gasteiger partial charge in [-0.25, -0.2) is 0 Å². The van der Waals surface area contributed by atoms with Gasteiger partial charge in [-0.15, -0.1) is 0 Å². The maximum atomic E-state index is 4.28. The summed E-state index contributed by atoms with van der Waals surface area (Å²) < 4.78 is 0. The number of hydrogen-bond donors (Lipinski definition) is 1. The van der Waals surface area contributed by atoms with Crippen molar-refractivity contribution in [1.29, 1.82) is 0 Å². The van der Waals surface area contributed by atoms with Crippen molar-refractivity contribution in [2.75, 3.05) is 0 Å². The molecule has 0 saturated carbocycles. The molecule has 0 aliphatic carbocycles. The molecule has 16 heavy (non-hydrogen) atoms. The zero-order valence-corrected chi connectivity index (χ0v) is 9.07. The molecule has 0 amide bonds. The van der Waals surface area contributed by atoms with Crippen molar-refractivity contribution in [2.24, 2.45) is 0 Å². The van der Waals surface area contributed by atoms with Crippen LogP contribution in [-0.2, 0) is 0 Å². The monoisotopic (exact) mass is 208 g/mol. The molecule has 0 unspecified atom stereocenters. The second-order valence-electron chi connectivity index (χ2n) is 3.89. The minimum atomic E-state index is 1.04. The number of fused-ring (bicyclic) bond motifs is 1. The van der Waals surface area contributed by atoms with Crippen LogP contribution in [0.4, 0.5) is 0 Å². The van der Waals surface area contributed by atoms with Crippen molar-refractivity contribution in [3.05, 3.63) is 54.5 Å². The summed E-state index contributed by atoms with van der Waals surface area (Å²) in [5.41, 5.74) is 4.64. The highest BCUT2D eigenvalue weighted by Gasteiger charge is 2.06. The average Bonchev–Trinajstić information content (AvgIpc) is 2.75. The number of benzene rings is 1. The number of aryl methyl sites for hydroxylation is 1. The highest BCUT2D eigenvalue weighted by atomic mass is 14.7. The van der Waals surface area contributed by atoms with E-state index >= 15 is 0 Å². The first-order valence-corrected chi connectivity index (χ1v) is 5.34. The topological polar surface area (TPSA) is 28.7 Å². The number of H-pyrrole nitrogens is 1. The molecule has 0 bridgehead atoms. The van der Waals surface area contributed by atoms with Crippen LogP contribution in [0.3, 0.4) is 0 Å². The highest BCUT2D eigenvalue weighted by Crippen LogP contribution is 2.28. The van der Waals surface area contributed by atoms with Crippen LogP contribution in [0, 0.1) is 6.92 Å². The van der Waals surface area contributed by atoms with Crippen LogP contribution >= 0.6 is 0 Å². The van der Waals surface area contributed by atoms with Crippen LogP contribution < -0.4 is 0 Å². The fraction of sp³-hybridized carbons (Fsp3) is 0.0714. The number of aromatic amines is 1. The fourth-order valence-corrected chi connectivity index (χ4v) is 2.05. The standard InChI is InChI=1S/C14H12N2/c1-10-14-12(7-8-15-10)13(9-16-14)11-5-3-2-4-6-11/h2-9,16H,1H3. The van der Waals surface area contributed by atoms with Crippen molar-refractivity contribution in [3.63, 3.8) is 0 Å². The second-order valence-corrected chi connectivity index (χ2v) is 3.89. The Hall–Kier alpha value is -2.09. The Morgan fingerprint density at radius 2 is 1.88 bits per heavy atom. The van der Waals surface area contributed by atoms with Crippen LogP contribution in [0.5, 0.6) is 0 Å². The third-order valence-corrected chi connectivity index (χ3v) is 2.88. The van der Waals surface area contributed by atoms with Gasteiger partial charge >= 0.3 is 0 Å². The van der Waals surface area contributed by atoms with Gasteiger partial charge in [-0.2, -0.15) is 0 Å². The van der Waals surface area contributed by atoms with Gasteiger partial charge in [-0.05, 0) is 18.6 Å². The molecule has 0 atom stereocenters. The molecule has 0 fully saturated rings. The lowest BCUT2D eigenvalue weighted by Gasteiger charge is -1.99. The highest BCUT2D eigenvalue weighted by molar-refractivity contribution is 5.96. The zero-order chi connectivity index (χ0) is 11.0. The number of nitrogens with one attached hydrogen (secondary N) is 1. The Labute approximate surface area is 94.0 Å². The SMILES string of the molecule is Cc1nccc2c(-c3ccccc3)c[nH]c12. The second kappa shape index (κ2) is 3.49. The molecule has 0 radical (unpaired) electrons. The third-order valence-electron chi connectivity index (χ3n) is 2.88. The predicted molar refractivity (Wildman–Crippen MR) is 66.3 cm³/mol. The quantitative estimate of drug-likeness (QED) is 0.651. The van der Waals surface area contributed by atoms with Gasteiger partial charge in [-0.3, -0.25) is 4.98 Å². The molecule has 3 rings (SSSR count). The van der Waals surface area contributed by atoms with E-state index in [0.717, 1.165) is 11.2 Å². The number of rotatable bonds is 1. The van der Waals surface area contributed by atoms with Crippen molar-refractivity contribution in [2.45, 2.75) is 6.92 Å². The molecular weight excluding hydrogens is 196 g/mol. The first-order valence-electron chi connectivity index (χ1n) is 5.34. The molecule has 0 saturated heterocycles.